The number of aryl methyl sites for hydroxylation is 1. The number of carbonyl (C=O) groups is 1. The maximum Gasteiger partial charge on any atom is 0.227 e. The van der Waals surface area contributed by atoms with Gasteiger partial charge in [0.2, 0.25) is 5.95 Å². The van der Waals surface area contributed by atoms with Crippen LogP contribution in [0, 0.1) is 6.92 Å². The number of hydrogen-bond donors (Lipinski definition) is 1. The van der Waals surface area contributed by atoms with Crippen molar-refractivity contribution in [2.24, 2.45) is 0 Å². The molecule has 24 heavy (non-hydrogen) atoms. The van der Waals surface area contributed by atoms with Crippen molar-refractivity contribution in [2.45, 2.75) is 25.7 Å². The van der Waals surface area contributed by atoms with Crippen LogP contribution >= 0.6 is 11.3 Å². The van der Waals surface area contributed by atoms with Crippen LogP contribution in [0.3, 0.4) is 0 Å². The molecule has 120 valence electrons. The van der Waals surface area contributed by atoms with Gasteiger partial charge in [0.25, 0.3) is 0 Å². The quantitative estimate of drug-likeness (QED) is 0.765. The molecule has 3 aromatic rings. The molecule has 1 aromatic carbocycles. The summed E-state index contributed by atoms with van der Waals surface area (Å²) in [5, 5.41) is 5.28. The Morgan fingerprint density at radius 1 is 1.21 bits per heavy atom. The van der Waals surface area contributed by atoms with Gasteiger partial charge in [-0.05, 0) is 42.5 Å². The van der Waals surface area contributed by atoms with Crippen LogP contribution in [0.5, 0.6) is 0 Å². The minimum absolute atomic E-state index is 0.136. The van der Waals surface area contributed by atoms with E-state index >= 15 is 0 Å². The second kappa shape index (κ2) is 6.17. The first-order valence-electron chi connectivity index (χ1n) is 7.95. The molecule has 0 saturated carbocycles. The van der Waals surface area contributed by atoms with E-state index in [4.69, 9.17) is 0 Å². The predicted octanol–water partition coefficient (Wildman–Crippen LogP) is 4.50. The SMILES string of the molecule is Cc1cccc(Nc2ncc3c(n2)C[C@@H](c2cccs2)CC3=O)c1. The Kier molecular flexibility index (Phi) is 3.86. The van der Waals surface area contributed by atoms with E-state index in [1.165, 1.54) is 10.4 Å². The van der Waals surface area contributed by atoms with Gasteiger partial charge in [0.1, 0.15) is 0 Å². The number of nitrogens with one attached hydrogen (secondary N) is 1. The molecule has 1 aliphatic rings. The van der Waals surface area contributed by atoms with Crippen molar-refractivity contribution in [3.8, 4) is 0 Å². The summed E-state index contributed by atoms with van der Waals surface area (Å²) in [6.07, 6.45) is 2.99. The normalized spacial score (nSPS) is 16.7. The molecule has 1 atom stereocenters. The molecule has 5 heteroatoms. The van der Waals surface area contributed by atoms with E-state index in [1.54, 1.807) is 17.5 Å². The Morgan fingerprint density at radius 3 is 2.92 bits per heavy atom. The van der Waals surface area contributed by atoms with Crippen molar-refractivity contribution in [3.05, 3.63) is 69.7 Å². The topological polar surface area (TPSA) is 54.9 Å². The van der Waals surface area contributed by atoms with E-state index in [0.717, 1.165) is 17.8 Å². The molecule has 2 aromatic heterocycles. The number of rotatable bonds is 3. The zero-order chi connectivity index (χ0) is 16.5. The summed E-state index contributed by atoms with van der Waals surface area (Å²) < 4.78 is 0. The van der Waals surface area contributed by atoms with E-state index in [0.29, 0.717) is 17.9 Å². The lowest BCUT2D eigenvalue weighted by Crippen LogP contribution is -2.20. The zero-order valence-electron chi connectivity index (χ0n) is 13.3. The van der Waals surface area contributed by atoms with E-state index in [1.807, 2.05) is 37.3 Å². The molecular formula is C19H17N3OS. The van der Waals surface area contributed by atoms with Crippen LogP contribution in [-0.4, -0.2) is 15.8 Å². The van der Waals surface area contributed by atoms with Crippen LogP contribution in [0.25, 0.3) is 0 Å². The highest BCUT2D eigenvalue weighted by atomic mass is 32.1. The van der Waals surface area contributed by atoms with Gasteiger partial charge in [-0.1, -0.05) is 18.2 Å². The van der Waals surface area contributed by atoms with Crippen molar-refractivity contribution in [2.75, 3.05) is 5.32 Å². The number of aromatic nitrogens is 2. The molecule has 0 radical (unpaired) electrons. The Hall–Kier alpha value is -2.53. The Labute approximate surface area is 144 Å². The number of benzene rings is 1. The van der Waals surface area contributed by atoms with E-state index in [2.05, 4.69) is 26.7 Å². The molecule has 4 nitrogen and oxygen atoms in total. The Balaban J connectivity index is 1.62. The number of thiophene rings is 1. The van der Waals surface area contributed by atoms with Crippen molar-refractivity contribution in [1.29, 1.82) is 0 Å². The summed E-state index contributed by atoms with van der Waals surface area (Å²) in [4.78, 5) is 22.6. The van der Waals surface area contributed by atoms with E-state index < -0.39 is 0 Å². The molecule has 0 spiro atoms. The summed E-state index contributed by atoms with van der Waals surface area (Å²) in [5.41, 5.74) is 3.63. The minimum Gasteiger partial charge on any atom is -0.324 e. The van der Waals surface area contributed by atoms with Crippen LogP contribution in [0.1, 0.15) is 38.8 Å². The molecule has 2 heterocycles. The monoisotopic (exact) mass is 335 g/mol. The van der Waals surface area contributed by atoms with Crippen LogP contribution in [0.4, 0.5) is 11.6 Å². The second-order valence-corrected chi connectivity index (χ2v) is 7.07. The molecular weight excluding hydrogens is 318 g/mol. The number of anilines is 2. The third-order valence-corrected chi connectivity index (χ3v) is 5.29. The van der Waals surface area contributed by atoms with Gasteiger partial charge in [0.05, 0.1) is 11.3 Å². The highest BCUT2D eigenvalue weighted by Gasteiger charge is 2.28. The maximum absolute atomic E-state index is 12.4. The molecule has 0 fully saturated rings. The number of nitrogens with zero attached hydrogens (tertiary/aromatic N) is 2. The summed E-state index contributed by atoms with van der Waals surface area (Å²) >= 11 is 1.70. The lowest BCUT2D eigenvalue weighted by molar-refractivity contribution is 0.0963. The molecule has 0 amide bonds. The van der Waals surface area contributed by atoms with Crippen molar-refractivity contribution < 1.29 is 4.79 Å². The summed E-state index contributed by atoms with van der Waals surface area (Å²) in [5.74, 6) is 0.905. The van der Waals surface area contributed by atoms with Crippen LogP contribution in [-0.2, 0) is 6.42 Å². The minimum atomic E-state index is 0.136. The fourth-order valence-corrected chi connectivity index (χ4v) is 3.91. The van der Waals surface area contributed by atoms with Crippen LogP contribution < -0.4 is 5.32 Å². The number of fused-ring (bicyclic) bond motifs is 1. The number of Topliss-reactive ketones (excluding diaryl/α,β-unsaturated/α-hetero) is 1. The largest absolute Gasteiger partial charge is 0.324 e. The van der Waals surface area contributed by atoms with Gasteiger partial charge >= 0.3 is 0 Å². The van der Waals surface area contributed by atoms with Crippen molar-refractivity contribution in [3.63, 3.8) is 0 Å². The third kappa shape index (κ3) is 2.95. The van der Waals surface area contributed by atoms with Gasteiger partial charge < -0.3 is 5.32 Å². The van der Waals surface area contributed by atoms with Gasteiger partial charge in [0, 0.05) is 29.1 Å². The summed E-state index contributed by atoms with van der Waals surface area (Å²) in [6.45, 7) is 2.04. The lowest BCUT2D eigenvalue weighted by Gasteiger charge is -2.22. The fraction of sp³-hybridized carbons (Fsp3) is 0.211. The average Bonchev–Trinajstić information content (AvgIpc) is 3.09. The van der Waals surface area contributed by atoms with E-state index in [9.17, 15) is 4.79 Å². The lowest BCUT2D eigenvalue weighted by atomic mass is 9.86. The van der Waals surface area contributed by atoms with Gasteiger partial charge in [0.15, 0.2) is 5.78 Å². The fourth-order valence-electron chi connectivity index (χ4n) is 3.08. The first-order valence-corrected chi connectivity index (χ1v) is 8.83. The van der Waals surface area contributed by atoms with Crippen molar-refractivity contribution in [1.82, 2.24) is 9.97 Å². The molecule has 1 aliphatic carbocycles. The third-order valence-electron chi connectivity index (χ3n) is 4.26. The molecule has 0 bridgehead atoms. The van der Waals surface area contributed by atoms with Gasteiger partial charge in [-0.15, -0.1) is 11.3 Å². The molecule has 4 rings (SSSR count). The summed E-state index contributed by atoms with van der Waals surface area (Å²) in [6, 6.07) is 12.2. The number of ketones is 1. The number of hydrogen-bond acceptors (Lipinski definition) is 5. The predicted molar refractivity (Wildman–Crippen MR) is 96.2 cm³/mol. The highest BCUT2D eigenvalue weighted by molar-refractivity contribution is 7.10. The van der Waals surface area contributed by atoms with Gasteiger partial charge in [-0.2, -0.15) is 0 Å². The van der Waals surface area contributed by atoms with E-state index in [-0.39, 0.29) is 11.7 Å². The highest BCUT2D eigenvalue weighted by Crippen LogP contribution is 2.34. The van der Waals surface area contributed by atoms with Gasteiger partial charge in [-0.25, -0.2) is 9.97 Å². The van der Waals surface area contributed by atoms with Gasteiger partial charge in [-0.3, -0.25) is 4.79 Å². The molecule has 0 aliphatic heterocycles. The molecule has 0 saturated heterocycles. The maximum atomic E-state index is 12.4. The first kappa shape index (κ1) is 15.0. The molecule has 1 N–H and O–H groups in total. The zero-order valence-corrected chi connectivity index (χ0v) is 14.1. The molecule has 0 unspecified atom stereocenters. The van der Waals surface area contributed by atoms with Crippen LogP contribution in [0.15, 0.2) is 48.0 Å². The average molecular weight is 335 g/mol. The first-order chi connectivity index (χ1) is 11.7. The number of carbonyl (C=O) groups excluding carboxylic acids is 1. The summed E-state index contributed by atoms with van der Waals surface area (Å²) in [7, 11) is 0. The second-order valence-electron chi connectivity index (χ2n) is 6.09. The smallest absolute Gasteiger partial charge is 0.227 e. The standard InChI is InChI=1S/C19H17N3OS/c1-12-4-2-5-14(8-12)21-19-20-11-15-16(22-19)9-13(10-17(15)23)18-6-3-7-24-18/h2-8,11,13H,9-10H2,1H3,(H,20,21,22)/t13-/m1/s1. The van der Waals surface area contributed by atoms with Crippen LogP contribution in [0.2, 0.25) is 0 Å². The van der Waals surface area contributed by atoms with Crippen molar-refractivity contribution >= 4 is 28.8 Å². The Morgan fingerprint density at radius 2 is 2.12 bits per heavy atom. The Bertz CT molecular complexity index is 889.